The molecule has 4 heterocycles. The minimum atomic E-state index is 0.211. The smallest absolute Gasteiger partial charge is 0.225 e. The van der Waals surface area contributed by atoms with Crippen LogP contribution >= 0.6 is 11.6 Å². The van der Waals surface area contributed by atoms with Crippen molar-refractivity contribution in [1.29, 1.82) is 0 Å². The highest BCUT2D eigenvalue weighted by molar-refractivity contribution is 6.28. The van der Waals surface area contributed by atoms with Gasteiger partial charge in [-0.25, -0.2) is 4.98 Å². The third-order valence-electron chi connectivity index (χ3n) is 3.55. The Morgan fingerprint density at radius 1 is 1.14 bits per heavy atom. The van der Waals surface area contributed by atoms with Crippen LogP contribution in [0, 0.1) is 0 Å². The molecule has 1 aliphatic heterocycles. The molecule has 6 nitrogen and oxygen atoms in total. The third-order valence-corrected chi connectivity index (χ3v) is 3.72. The highest BCUT2D eigenvalue weighted by Gasteiger charge is 2.21. The van der Waals surface area contributed by atoms with E-state index >= 15 is 0 Å². The van der Waals surface area contributed by atoms with Crippen LogP contribution in [0.15, 0.2) is 34.9 Å². The summed E-state index contributed by atoms with van der Waals surface area (Å²) in [5.41, 5.74) is 2.07. The first-order valence-corrected chi connectivity index (χ1v) is 7.40. The van der Waals surface area contributed by atoms with Crippen LogP contribution in [0.25, 0.3) is 22.6 Å². The SMILES string of the molecule is Clc1nc(N2CCOCC2)c2oc(-c3ccccn3)cc2n1. The van der Waals surface area contributed by atoms with Crippen molar-refractivity contribution in [1.82, 2.24) is 15.0 Å². The number of pyridine rings is 1. The normalized spacial score (nSPS) is 15.4. The standard InChI is InChI=1S/C15H13ClN4O2/c16-15-18-11-9-12(10-3-1-2-4-17-10)22-13(11)14(19-15)20-5-7-21-8-6-20/h1-4,9H,5-8H2. The number of rotatable bonds is 2. The Morgan fingerprint density at radius 2 is 2.00 bits per heavy atom. The van der Waals surface area contributed by atoms with Crippen LogP contribution in [0.2, 0.25) is 5.28 Å². The van der Waals surface area contributed by atoms with E-state index in [-0.39, 0.29) is 5.28 Å². The van der Waals surface area contributed by atoms with Crippen molar-refractivity contribution < 1.29 is 9.15 Å². The molecule has 0 unspecified atom stereocenters. The Hall–Kier alpha value is -2.18. The van der Waals surface area contributed by atoms with E-state index in [9.17, 15) is 0 Å². The Balaban J connectivity index is 1.84. The molecular formula is C15H13ClN4O2. The second-order valence-corrected chi connectivity index (χ2v) is 5.29. The Morgan fingerprint density at radius 3 is 2.77 bits per heavy atom. The first-order valence-electron chi connectivity index (χ1n) is 7.02. The summed E-state index contributed by atoms with van der Waals surface area (Å²) in [6, 6.07) is 7.51. The molecular weight excluding hydrogens is 304 g/mol. The predicted octanol–water partition coefficient (Wildman–Crippen LogP) is 2.77. The fourth-order valence-corrected chi connectivity index (χ4v) is 2.68. The quantitative estimate of drug-likeness (QED) is 0.677. The van der Waals surface area contributed by atoms with Gasteiger partial charge in [0, 0.05) is 25.4 Å². The molecule has 112 valence electrons. The van der Waals surface area contributed by atoms with Gasteiger partial charge in [0.2, 0.25) is 5.28 Å². The zero-order valence-electron chi connectivity index (χ0n) is 11.7. The minimum absolute atomic E-state index is 0.211. The van der Waals surface area contributed by atoms with Crippen LogP contribution in [0.5, 0.6) is 0 Å². The van der Waals surface area contributed by atoms with Gasteiger partial charge in [-0.3, -0.25) is 4.98 Å². The molecule has 1 saturated heterocycles. The number of furan rings is 1. The first-order chi connectivity index (χ1) is 10.8. The van der Waals surface area contributed by atoms with Crippen molar-refractivity contribution in [2.75, 3.05) is 31.2 Å². The number of hydrogen-bond acceptors (Lipinski definition) is 6. The number of fused-ring (bicyclic) bond motifs is 1. The summed E-state index contributed by atoms with van der Waals surface area (Å²) in [4.78, 5) is 15.0. The van der Waals surface area contributed by atoms with E-state index in [4.69, 9.17) is 20.8 Å². The number of nitrogens with zero attached hydrogens (tertiary/aromatic N) is 4. The summed E-state index contributed by atoms with van der Waals surface area (Å²) in [7, 11) is 0. The van der Waals surface area contributed by atoms with Gasteiger partial charge in [-0.1, -0.05) is 6.07 Å². The maximum absolute atomic E-state index is 6.06. The number of hydrogen-bond donors (Lipinski definition) is 0. The van der Waals surface area contributed by atoms with Crippen molar-refractivity contribution in [3.8, 4) is 11.5 Å². The largest absolute Gasteiger partial charge is 0.449 e. The van der Waals surface area contributed by atoms with Crippen molar-refractivity contribution in [3.63, 3.8) is 0 Å². The summed E-state index contributed by atoms with van der Waals surface area (Å²) < 4.78 is 11.3. The molecule has 7 heteroatoms. The van der Waals surface area contributed by atoms with Gasteiger partial charge in [0.05, 0.1) is 13.2 Å². The lowest BCUT2D eigenvalue weighted by Gasteiger charge is -2.27. The van der Waals surface area contributed by atoms with Crippen LogP contribution in [0.4, 0.5) is 5.82 Å². The van der Waals surface area contributed by atoms with E-state index < -0.39 is 0 Å². The lowest BCUT2D eigenvalue weighted by Crippen LogP contribution is -2.36. The molecule has 1 fully saturated rings. The summed E-state index contributed by atoms with van der Waals surface area (Å²) in [6.07, 6.45) is 1.73. The molecule has 4 rings (SSSR count). The first kappa shape index (κ1) is 13.5. The van der Waals surface area contributed by atoms with Crippen molar-refractivity contribution in [2.45, 2.75) is 0 Å². The second-order valence-electron chi connectivity index (χ2n) is 4.96. The van der Waals surface area contributed by atoms with Gasteiger partial charge in [0.1, 0.15) is 11.2 Å². The molecule has 0 aliphatic carbocycles. The molecule has 3 aromatic heterocycles. The van der Waals surface area contributed by atoms with Crippen molar-refractivity contribution in [2.24, 2.45) is 0 Å². The average Bonchev–Trinajstić information content (AvgIpc) is 2.99. The maximum Gasteiger partial charge on any atom is 0.225 e. The van der Waals surface area contributed by atoms with Crippen LogP contribution in [0.3, 0.4) is 0 Å². The van der Waals surface area contributed by atoms with Gasteiger partial charge in [0.15, 0.2) is 17.2 Å². The molecule has 0 radical (unpaired) electrons. The van der Waals surface area contributed by atoms with Crippen molar-refractivity contribution >= 4 is 28.5 Å². The third kappa shape index (κ3) is 2.40. The van der Waals surface area contributed by atoms with E-state index in [1.807, 2.05) is 24.3 Å². The van der Waals surface area contributed by atoms with Crippen molar-refractivity contribution in [3.05, 3.63) is 35.7 Å². The van der Waals surface area contributed by atoms with E-state index in [1.165, 1.54) is 0 Å². The molecule has 0 N–H and O–H groups in total. The molecule has 22 heavy (non-hydrogen) atoms. The molecule has 0 saturated carbocycles. The highest BCUT2D eigenvalue weighted by Crippen LogP contribution is 2.32. The van der Waals surface area contributed by atoms with Crippen LogP contribution in [-0.4, -0.2) is 41.3 Å². The lowest BCUT2D eigenvalue weighted by molar-refractivity contribution is 0.122. The fraction of sp³-hybridized carbons (Fsp3) is 0.267. The number of ether oxygens (including phenoxy) is 1. The van der Waals surface area contributed by atoms with Crippen LogP contribution < -0.4 is 4.90 Å². The van der Waals surface area contributed by atoms with Crippen LogP contribution in [0.1, 0.15) is 0 Å². The number of aromatic nitrogens is 3. The highest BCUT2D eigenvalue weighted by atomic mass is 35.5. The van der Waals surface area contributed by atoms with E-state index in [0.29, 0.717) is 35.9 Å². The van der Waals surface area contributed by atoms with E-state index in [2.05, 4.69) is 19.9 Å². The number of anilines is 1. The molecule has 1 aliphatic rings. The Kier molecular flexibility index (Phi) is 3.40. The van der Waals surface area contributed by atoms with Gasteiger partial charge < -0.3 is 14.1 Å². The molecule has 0 aromatic carbocycles. The van der Waals surface area contributed by atoms with Gasteiger partial charge in [-0.2, -0.15) is 4.98 Å². The summed E-state index contributed by atoms with van der Waals surface area (Å²) in [5, 5.41) is 0.211. The van der Waals surface area contributed by atoms with Gasteiger partial charge >= 0.3 is 0 Å². The number of morpholine rings is 1. The Labute approximate surface area is 131 Å². The second kappa shape index (κ2) is 5.55. The summed E-state index contributed by atoms with van der Waals surface area (Å²) >= 11 is 6.06. The van der Waals surface area contributed by atoms with Gasteiger partial charge in [-0.05, 0) is 23.7 Å². The average molecular weight is 317 g/mol. The predicted molar refractivity (Wildman–Crippen MR) is 83.1 cm³/mol. The summed E-state index contributed by atoms with van der Waals surface area (Å²) in [6.45, 7) is 2.83. The molecule has 0 spiro atoms. The van der Waals surface area contributed by atoms with Crippen LogP contribution in [-0.2, 0) is 4.74 Å². The zero-order chi connectivity index (χ0) is 14.9. The monoisotopic (exact) mass is 316 g/mol. The molecule has 3 aromatic rings. The van der Waals surface area contributed by atoms with E-state index in [0.717, 1.165) is 18.8 Å². The Bertz CT molecular complexity index is 800. The topological polar surface area (TPSA) is 64.3 Å². The fourth-order valence-electron chi connectivity index (χ4n) is 2.51. The zero-order valence-corrected chi connectivity index (χ0v) is 12.5. The van der Waals surface area contributed by atoms with Gasteiger partial charge in [0.25, 0.3) is 0 Å². The molecule has 0 atom stereocenters. The van der Waals surface area contributed by atoms with E-state index in [1.54, 1.807) is 6.20 Å². The van der Waals surface area contributed by atoms with Gasteiger partial charge in [-0.15, -0.1) is 0 Å². The molecule has 0 amide bonds. The molecule has 0 bridgehead atoms. The minimum Gasteiger partial charge on any atom is -0.449 e. The lowest BCUT2D eigenvalue weighted by atomic mass is 10.3. The number of halogens is 1. The summed E-state index contributed by atoms with van der Waals surface area (Å²) in [5.74, 6) is 1.36. The maximum atomic E-state index is 6.06.